The summed E-state index contributed by atoms with van der Waals surface area (Å²) in [6, 6.07) is 17.7. The van der Waals surface area contributed by atoms with Crippen molar-refractivity contribution in [2.24, 2.45) is 0 Å². The molecule has 0 aliphatic rings. The number of methoxy groups -OCH3 is 2. The zero-order valence-electron chi connectivity index (χ0n) is 16.2. The van der Waals surface area contributed by atoms with E-state index in [0.717, 1.165) is 11.1 Å². The van der Waals surface area contributed by atoms with Crippen molar-refractivity contribution in [1.82, 2.24) is 0 Å². The molecule has 0 bridgehead atoms. The molecule has 0 radical (unpaired) electrons. The van der Waals surface area contributed by atoms with E-state index in [2.05, 4.69) is 0 Å². The first-order valence-electron chi connectivity index (χ1n) is 9.01. The Morgan fingerprint density at radius 3 is 1.62 bits per heavy atom. The number of aliphatic hydroxyl groups is 1. The third kappa shape index (κ3) is 4.50. The minimum Gasteiger partial charge on any atom is -0.497 e. The first-order chi connectivity index (χ1) is 14.1. The van der Waals surface area contributed by atoms with E-state index >= 15 is 0 Å². The summed E-state index contributed by atoms with van der Waals surface area (Å²) in [6.07, 6.45) is 0. The van der Waals surface area contributed by atoms with Gasteiger partial charge < -0.3 is 24.4 Å². The van der Waals surface area contributed by atoms with Crippen molar-refractivity contribution in [1.29, 1.82) is 0 Å². The molecule has 29 heavy (non-hydrogen) atoms. The quantitative estimate of drug-likeness (QED) is 0.598. The molecule has 0 spiro atoms. The Labute approximate surface area is 168 Å². The number of carboxylic acids is 1. The second-order valence-corrected chi connectivity index (χ2v) is 6.23. The number of ether oxygens (including phenoxy) is 3. The van der Waals surface area contributed by atoms with Crippen LogP contribution in [0.1, 0.15) is 10.4 Å². The molecular formula is C23H22O6. The normalized spacial score (nSPS) is 10.4. The fourth-order valence-corrected chi connectivity index (χ4v) is 3.03. The molecule has 0 amide bonds. The van der Waals surface area contributed by atoms with Crippen LogP contribution in [0.3, 0.4) is 0 Å². The second kappa shape index (κ2) is 9.12. The van der Waals surface area contributed by atoms with Crippen LogP contribution in [0.5, 0.6) is 17.2 Å². The molecule has 6 nitrogen and oxygen atoms in total. The van der Waals surface area contributed by atoms with E-state index in [9.17, 15) is 15.0 Å². The second-order valence-electron chi connectivity index (χ2n) is 6.23. The average Bonchev–Trinajstić information content (AvgIpc) is 2.77. The molecule has 0 aromatic heterocycles. The lowest BCUT2D eigenvalue weighted by molar-refractivity contribution is 0.0697. The van der Waals surface area contributed by atoms with Crippen LogP contribution in [0.15, 0.2) is 60.7 Å². The zero-order valence-corrected chi connectivity index (χ0v) is 16.2. The molecule has 0 unspecified atom stereocenters. The third-order valence-electron chi connectivity index (χ3n) is 4.48. The smallest absolute Gasteiger partial charge is 0.335 e. The van der Waals surface area contributed by atoms with Crippen molar-refractivity contribution in [3.8, 4) is 39.5 Å². The van der Waals surface area contributed by atoms with E-state index in [-0.39, 0.29) is 18.8 Å². The summed E-state index contributed by atoms with van der Waals surface area (Å²) in [5, 5.41) is 18.9. The Morgan fingerprint density at radius 2 is 1.28 bits per heavy atom. The highest BCUT2D eigenvalue weighted by atomic mass is 16.5. The Hall–Kier alpha value is -3.51. The highest BCUT2D eigenvalue weighted by Gasteiger charge is 2.18. The Kier molecular flexibility index (Phi) is 6.36. The zero-order chi connectivity index (χ0) is 20.8. The molecule has 6 heteroatoms. The number of hydrogen-bond acceptors (Lipinski definition) is 5. The molecule has 0 saturated heterocycles. The summed E-state index contributed by atoms with van der Waals surface area (Å²) in [6.45, 7) is -0.0798. The van der Waals surface area contributed by atoms with E-state index in [1.807, 2.05) is 24.3 Å². The van der Waals surface area contributed by atoms with E-state index < -0.39 is 5.97 Å². The van der Waals surface area contributed by atoms with Gasteiger partial charge in [0.15, 0.2) is 0 Å². The van der Waals surface area contributed by atoms with Crippen molar-refractivity contribution in [3.05, 3.63) is 66.2 Å². The summed E-state index contributed by atoms with van der Waals surface area (Å²) in [7, 11) is 3.16. The topological polar surface area (TPSA) is 85.2 Å². The number of carbonyl (C=O) groups is 1. The predicted octanol–water partition coefficient (Wildman–Crippen LogP) is 4.11. The van der Waals surface area contributed by atoms with Crippen LogP contribution in [0, 0.1) is 0 Å². The van der Waals surface area contributed by atoms with E-state index in [1.54, 1.807) is 50.6 Å². The largest absolute Gasteiger partial charge is 0.497 e. The first kappa shape index (κ1) is 20.2. The summed E-state index contributed by atoms with van der Waals surface area (Å²) in [4.78, 5) is 11.8. The van der Waals surface area contributed by atoms with E-state index in [1.165, 1.54) is 0 Å². The Balaban J connectivity index is 2.23. The predicted molar refractivity (Wildman–Crippen MR) is 110 cm³/mol. The van der Waals surface area contributed by atoms with Crippen LogP contribution in [0.4, 0.5) is 0 Å². The minimum atomic E-state index is -1.04. The van der Waals surface area contributed by atoms with Gasteiger partial charge in [-0.25, -0.2) is 4.79 Å². The monoisotopic (exact) mass is 394 g/mol. The van der Waals surface area contributed by atoms with Gasteiger partial charge in [0.25, 0.3) is 0 Å². The van der Waals surface area contributed by atoms with Crippen molar-refractivity contribution in [2.75, 3.05) is 27.4 Å². The number of hydrogen-bond donors (Lipinski definition) is 2. The van der Waals surface area contributed by atoms with E-state index in [0.29, 0.717) is 28.4 Å². The standard InChI is InChI=1S/C23H22O6/c1-27-18-7-3-15(4-8-18)20-13-17(23(25)26)14-21(22(20)29-12-11-24)16-5-9-19(28-2)10-6-16/h3-10,13-14,24H,11-12H2,1-2H3,(H,25,26). The van der Waals surface area contributed by atoms with Gasteiger partial charge in [-0.2, -0.15) is 0 Å². The molecule has 0 heterocycles. The Morgan fingerprint density at radius 1 is 0.828 bits per heavy atom. The number of rotatable bonds is 8. The molecule has 2 N–H and O–H groups in total. The number of benzene rings is 3. The fraction of sp³-hybridized carbons (Fsp3) is 0.174. The lowest BCUT2D eigenvalue weighted by atomic mass is 9.94. The highest BCUT2D eigenvalue weighted by molar-refractivity contribution is 5.95. The molecule has 0 aliphatic carbocycles. The maximum Gasteiger partial charge on any atom is 0.335 e. The summed E-state index contributed by atoms with van der Waals surface area (Å²) in [5.74, 6) is 0.843. The summed E-state index contributed by atoms with van der Waals surface area (Å²) in [5.41, 5.74) is 2.92. The molecular weight excluding hydrogens is 372 g/mol. The van der Waals surface area contributed by atoms with Crippen molar-refractivity contribution < 1.29 is 29.2 Å². The molecule has 3 aromatic carbocycles. The molecule has 0 fully saturated rings. The van der Waals surface area contributed by atoms with Gasteiger partial charge in [-0.05, 0) is 47.5 Å². The Bertz CT molecular complexity index is 909. The van der Waals surface area contributed by atoms with Crippen LogP contribution in [0.2, 0.25) is 0 Å². The first-order valence-corrected chi connectivity index (χ1v) is 9.01. The van der Waals surface area contributed by atoms with Gasteiger partial charge in [-0.15, -0.1) is 0 Å². The number of aromatic carboxylic acids is 1. The molecule has 0 aliphatic heterocycles. The van der Waals surface area contributed by atoms with Crippen molar-refractivity contribution in [3.63, 3.8) is 0 Å². The van der Waals surface area contributed by atoms with Crippen molar-refractivity contribution >= 4 is 5.97 Å². The van der Waals surface area contributed by atoms with Crippen LogP contribution in [-0.4, -0.2) is 43.6 Å². The van der Waals surface area contributed by atoms with Crippen LogP contribution < -0.4 is 14.2 Å². The van der Waals surface area contributed by atoms with Gasteiger partial charge in [0.05, 0.1) is 26.4 Å². The van der Waals surface area contributed by atoms with Crippen LogP contribution in [-0.2, 0) is 0 Å². The summed E-state index contributed by atoms with van der Waals surface area (Å²) >= 11 is 0. The minimum absolute atomic E-state index is 0.0821. The molecule has 150 valence electrons. The third-order valence-corrected chi connectivity index (χ3v) is 4.48. The van der Waals surface area contributed by atoms with Crippen LogP contribution in [0.25, 0.3) is 22.3 Å². The average molecular weight is 394 g/mol. The van der Waals surface area contributed by atoms with Gasteiger partial charge in [0, 0.05) is 11.1 Å². The van der Waals surface area contributed by atoms with Crippen LogP contribution >= 0.6 is 0 Å². The summed E-state index contributed by atoms with van der Waals surface area (Å²) < 4.78 is 16.3. The van der Waals surface area contributed by atoms with Gasteiger partial charge >= 0.3 is 5.97 Å². The maximum absolute atomic E-state index is 11.8. The van der Waals surface area contributed by atoms with Gasteiger partial charge in [-0.1, -0.05) is 24.3 Å². The highest BCUT2D eigenvalue weighted by Crippen LogP contribution is 2.41. The lowest BCUT2D eigenvalue weighted by Crippen LogP contribution is -2.06. The van der Waals surface area contributed by atoms with Crippen molar-refractivity contribution in [2.45, 2.75) is 0 Å². The van der Waals surface area contributed by atoms with Gasteiger partial charge in [-0.3, -0.25) is 0 Å². The fourth-order valence-electron chi connectivity index (χ4n) is 3.03. The van der Waals surface area contributed by atoms with E-state index in [4.69, 9.17) is 14.2 Å². The maximum atomic E-state index is 11.8. The van der Waals surface area contributed by atoms with Gasteiger partial charge in [0.1, 0.15) is 23.9 Å². The number of carboxylic acid groups (broad SMARTS) is 1. The molecule has 0 saturated carbocycles. The SMILES string of the molecule is COc1ccc(-c2cc(C(=O)O)cc(-c3ccc(OC)cc3)c2OCCO)cc1. The molecule has 3 rings (SSSR count). The van der Waals surface area contributed by atoms with Gasteiger partial charge in [0.2, 0.25) is 0 Å². The lowest BCUT2D eigenvalue weighted by Gasteiger charge is -2.18. The molecule has 3 aromatic rings. The molecule has 0 atom stereocenters. The number of aliphatic hydroxyl groups excluding tert-OH is 1.